The average Bonchev–Trinajstić information content (AvgIpc) is 2.87. The number of nitrogens with zero attached hydrogens (tertiary/aromatic N) is 2. The van der Waals surface area contributed by atoms with Crippen LogP contribution in [0.3, 0.4) is 0 Å². The molecule has 0 bridgehead atoms. The third-order valence-corrected chi connectivity index (χ3v) is 3.30. The Morgan fingerprint density at radius 1 is 1.32 bits per heavy atom. The van der Waals surface area contributed by atoms with E-state index < -0.39 is 5.97 Å². The Morgan fingerprint density at radius 2 is 2.00 bits per heavy atom. The number of carbonyl (C=O) groups is 2. The first kappa shape index (κ1) is 15.8. The Balaban J connectivity index is 2.05. The highest BCUT2D eigenvalue weighted by atomic mass is 16.4. The molecule has 0 saturated heterocycles. The van der Waals surface area contributed by atoms with Gasteiger partial charge in [0.15, 0.2) is 0 Å². The molecule has 0 aliphatic rings. The van der Waals surface area contributed by atoms with Gasteiger partial charge in [-0.1, -0.05) is 25.1 Å². The molecule has 1 unspecified atom stereocenters. The van der Waals surface area contributed by atoms with E-state index in [-0.39, 0.29) is 18.2 Å². The van der Waals surface area contributed by atoms with E-state index in [1.54, 1.807) is 24.7 Å². The molecule has 116 valence electrons. The summed E-state index contributed by atoms with van der Waals surface area (Å²) in [5.41, 5.74) is 2.00. The molecule has 2 N–H and O–H groups in total. The van der Waals surface area contributed by atoms with Crippen molar-refractivity contribution < 1.29 is 14.7 Å². The van der Waals surface area contributed by atoms with Crippen molar-refractivity contribution in [2.45, 2.75) is 20.3 Å². The van der Waals surface area contributed by atoms with Crippen molar-refractivity contribution in [3.63, 3.8) is 0 Å². The zero-order valence-electron chi connectivity index (χ0n) is 12.6. The molecule has 0 aliphatic heterocycles. The third-order valence-electron chi connectivity index (χ3n) is 3.30. The van der Waals surface area contributed by atoms with Crippen LogP contribution in [-0.4, -0.2) is 33.3 Å². The maximum absolute atomic E-state index is 12.2. The Hall–Kier alpha value is -2.63. The lowest BCUT2D eigenvalue weighted by Gasteiger charge is -2.09. The molecule has 1 aromatic carbocycles. The SMILES string of the molecule is Cc1nn(-c2ccccc2)cc1C(=O)NCC(C)CC(=O)O. The normalized spacial score (nSPS) is 11.9. The van der Waals surface area contributed by atoms with Crippen LogP contribution in [0.4, 0.5) is 0 Å². The van der Waals surface area contributed by atoms with Gasteiger partial charge in [-0.05, 0) is 25.0 Å². The molecule has 1 heterocycles. The number of aromatic nitrogens is 2. The van der Waals surface area contributed by atoms with Crippen molar-refractivity contribution in [1.29, 1.82) is 0 Å². The highest BCUT2D eigenvalue weighted by Gasteiger charge is 2.15. The van der Waals surface area contributed by atoms with Crippen LogP contribution in [0.25, 0.3) is 5.69 Å². The minimum Gasteiger partial charge on any atom is -0.481 e. The summed E-state index contributed by atoms with van der Waals surface area (Å²) in [4.78, 5) is 22.8. The van der Waals surface area contributed by atoms with E-state index in [2.05, 4.69) is 10.4 Å². The summed E-state index contributed by atoms with van der Waals surface area (Å²) in [5.74, 6) is -1.22. The maximum atomic E-state index is 12.2. The second-order valence-electron chi connectivity index (χ2n) is 5.32. The van der Waals surface area contributed by atoms with Crippen LogP contribution in [0.1, 0.15) is 29.4 Å². The number of para-hydroxylation sites is 1. The Labute approximate surface area is 128 Å². The van der Waals surface area contributed by atoms with Gasteiger partial charge < -0.3 is 10.4 Å². The number of carbonyl (C=O) groups excluding carboxylic acids is 1. The van der Waals surface area contributed by atoms with E-state index in [4.69, 9.17) is 5.11 Å². The molecule has 0 fully saturated rings. The second kappa shape index (κ2) is 6.89. The summed E-state index contributed by atoms with van der Waals surface area (Å²) in [7, 11) is 0. The summed E-state index contributed by atoms with van der Waals surface area (Å²) in [6, 6.07) is 9.53. The first-order chi connectivity index (χ1) is 10.5. The monoisotopic (exact) mass is 301 g/mol. The zero-order chi connectivity index (χ0) is 16.1. The molecule has 0 radical (unpaired) electrons. The van der Waals surface area contributed by atoms with Gasteiger partial charge in [-0.25, -0.2) is 4.68 Å². The Morgan fingerprint density at radius 3 is 2.64 bits per heavy atom. The lowest BCUT2D eigenvalue weighted by molar-refractivity contribution is -0.137. The quantitative estimate of drug-likeness (QED) is 0.855. The fraction of sp³-hybridized carbons (Fsp3) is 0.312. The van der Waals surface area contributed by atoms with Crippen LogP contribution >= 0.6 is 0 Å². The van der Waals surface area contributed by atoms with Gasteiger partial charge in [0.25, 0.3) is 5.91 Å². The van der Waals surface area contributed by atoms with E-state index in [0.29, 0.717) is 17.8 Å². The van der Waals surface area contributed by atoms with Crippen molar-refractivity contribution in [1.82, 2.24) is 15.1 Å². The molecule has 0 aliphatic carbocycles. The van der Waals surface area contributed by atoms with E-state index in [0.717, 1.165) is 5.69 Å². The largest absolute Gasteiger partial charge is 0.481 e. The van der Waals surface area contributed by atoms with Crippen LogP contribution in [-0.2, 0) is 4.79 Å². The lowest BCUT2D eigenvalue weighted by atomic mass is 10.1. The molecule has 6 nitrogen and oxygen atoms in total. The van der Waals surface area contributed by atoms with E-state index in [9.17, 15) is 9.59 Å². The number of aryl methyl sites for hydroxylation is 1. The predicted octanol–water partition coefficient (Wildman–Crippen LogP) is 2.02. The molecule has 1 aromatic heterocycles. The van der Waals surface area contributed by atoms with Gasteiger partial charge in [-0.15, -0.1) is 0 Å². The summed E-state index contributed by atoms with van der Waals surface area (Å²) in [6.07, 6.45) is 1.71. The molecule has 1 amide bonds. The lowest BCUT2D eigenvalue weighted by Crippen LogP contribution is -2.29. The molecular weight excluding hydrogens is 282 g/mol. The van der Waals surface area contributed by atoms with Crippen LogP contribution in [0.2, 0.25) is 0 Å². The van der Waals surface area contributed by atoms with Gasteiger partial charge in [0.05, 0.1) is 16.9 Å². The summed E-state index contributed by atoms with van der Waals surface area (Å²) >= 11 is 0. The van der Waals surface area contributed by atoms with Crippen molar-refractivity contribution in [3.8, 4) is 5.69 Å². The van der Waals surface area contributed by atoms with Crippen molar-refractivity contribution >= 4 is 11.9 Å². The van der Waals surface area contributed by atoms with Crippen molar-refractivity contribution in [2.75, 3.05) is 6.54 Å². The molecule has 1 atom stereocenters. The summed E-state index contributed by atoms with van der Waals surface area (Å²) in [5, 5.41) is 15.8. The van der Waals surface area contributed by atoms with Gasteiger partial charge in [0, 0.05) is 19.2 Å². The van der Waals surface area contributed by atoms with Gasteiger partial charge >= 0.3 is 5.97 Å². The first-order valence-corrected chi connectivity index (χ1v) is 7.09. The first-order valence-electron chi connectivity index (χ1n) is 7.09. The molecule has 22 heavy (non-hydrogen) atoms. The molecular formula is C16H19N3O3. The number of hydrogen-bond donors (Lipinski definition) is 2. The minimum atomic E-state index is -0.866. The number of hydrogen-bond acceptors (Lipinski definition) is 3. The fourth-order valence-electron chi connectivity index (χ4n) is 2.13. The topological polar surface area (TPSA) is 84.2 Å². The third kappa shape index (κ3) is 3.94. The smallest absolute Gasteiger partial charge is 0.303 e. The Bertz CT molecular complexity index is 665. The Kier molecular flexibility index (Phi) is 4.93. The van der Waals surface area contributed by atoms with Gasteiger partial charge in [0.1, 0.15) is 0 Å². The minimum absolute atomic E-state index is 0.0303. The van der Waals surface area contributed by atoms with Crippen LogP contribution in [0, 0.1) is 12.8 Å². The molecule has 2 rings (SSSR count). The van der Waals surface area contributed by atoms with Crippen molar-refractivity contribution in [3.05, 3.63) is 47.8 Å². The van der Waals surface area contributed by atoms with Crippen LogP contribution in [0.5, 0.6) is 0 Å². The number of carboxylic acid groups (broad SMARTS) is 1. The average molecular weight is 301 g/mol. The summed E-state index contributed by atoms with van der Waals surface area (Å²) in [6.45, 7) is 3.88. The fourth-order valence-corrected chi connectivity index (χ4v) is 2.13. The van der Waals surface area contributed by atoms with Gasteiger partial charge in [-0.2, -0.15) is 5.10 Å². The number of carboxylic acids is 1. The highest BCUT2D eigenvalue weighted by molar-refractivity contribution is 5.95. The van der Waals surface area contributed by atoms with Crippen molar-refractivity contribution in [2.24, 2.45) is 5.92 Å². The number of benzene rings is 1. The molecule has 6 heteroatoms. The molecule has 0 saturated carbocycles. The van der Waals surface area contributed by atoms with Gasteiger partial charge in [-0.3, -0.25) is 9.59 Å². The molecule has 0 spiro atoms. The zero-order valence-corrected chi connectivity index (χ0v) is 12.6. The van der Waals surface area contributed by atoms with Gasteiger partial charge in [0.2, 0.25) is 0 Å². The van der Waals surface area contributed by atoms with Crippen LogP contribution in [0.15, 0.2) is 36.5 Å². The second-order valence-corrected chi connectivity index (χ2v) is 5.32. The summed E-state index contributed by atoms with van der Waals surface area (Å²) < 4.78 is 1.66. The number of nitrogens with one attached hydrogen (secondary N) is 1. The molecule has 2 aromatic rings. The van der Waals surface area contributed by atoms with Crippen LogP contribution < -0.4 is 5.32 Å². The predicted molar refractivity (Wildman–Crippen MR) is 82.1 cm³/mol. The van der Waals surface area contributed by atoms with E-state index in [1.165, 1.54) is 0 Å². The number of amides is 1. The van der Waals surface area contributed by atoms with E-state index >= 15 is 0 Å². The maximum Gasteiger partial charge on any atom is 0.303 e. The number of rotatable bonds is 6. The van der Waals surface area contributed by atoms with E-state index in [1.807, 2.05) is 30.3 Å². The highest BCUT2D eigenvalue weighted by Crippen LogP contribution is 2.12. The standard InChI is InChI=1S/C16H19N3O3/c1-11(8-15(20)21)9-17-16(22)14-10-19(18-12(14)2)13-6-4-3-5-7-13/h3-7,10-11H,8-9H2,1-2H3,(H,17,22)(H,20,21). The number of aliphatic carboxylic acids is 1.